The summed E-state index contributed by atoms with van der Waals surface area (Å²) >= 11 is 0. The van der Waals surface area contributed by atoms with Crippen LogP contribution in [-0.4, -0.2) is 47.4 Å². The molecule has 6 nitrogen and oxygen atoms in total. The summed E-state index contributed by atoms with van der Waals surface area (Å²) in [5.74, 6) is 0. The largest absolute Gasteiger partial charge is 0.454 e. The number of nitrogens with two attached hydrogens (primary N) is 1. The smallest absolute Gasteiger partial charge is 0.285 e. The van der Waals surface area contributed by atoms with Crippen LogP contribution in [0.2, 0.25) is 0 Å². The van der Waals surface area contributed by atoms with Crippen molar-refractivity contribution in [2.45, 2.75) is 24.5 Å². The lowest BCUT2D eigenvalue weighted by atomic mass is 10.1. The molecular weight excluding hydrogens is 164 g/mol. The molecular formula is C6H10N2O4. The van der Waals surface area contributed by atoms with Gasteiger partial charge in [0.2, 0.25) is 0 Å². The Morgan fingerprint density at radius 2 is 2.33 bits per heavy atom. The van der Waals surface area contributed by atoms with E-state index in [0.29, 0.717) is 0 Å². The number of aliphatic imine (C=N–C) groups is 1. The van der Waals surface area contributed by atoms with E-state index < -0.39 is 24.5 Å². The molecule has 0 aromatic rings. The lowest BCUT2D eigenvalue weighted by Gasteiger charge is -2.13. The van der Waals surface area contributed by atoms with Crippen LogP contribution in [0.1, 0.15) is 0 Å². The van der Waals surface area contributed by atoms with E-state index in [1.165, 1.54) is 0 Å². The van der Waals surface area contributed by atoms with Gasteiger partial charge in [-0.25, -0.2) is 0 Å². The van der Waals surface area contributed by atoms with Crippen LogP contribution in [0.5, 0.6) is 0 Å². The van der Waals surface area contributed by atoms with E-state index in [1.807, 2.05) is 0 Å². The normalized spacial score (nSPS) is 45.3. The highest BCUT2D eigenvalue weighted by molar-refractivity contribution is 5.73. The van der Waals surface area contributed by atoms with E-state index in [4.69, 9.17) is 20.3 Å². The lowest BCUT2D eigenvalue weighted by Crippen LogP contribution is -2.35. The topological polar surface area (TPSA) is 97.3 Å². The molecule has 1 saturated heterocycles. The monoisotopic (exact) mass is 174 g/mol. The minimum atomic E-state index is -0.857. The summed E-state index contributed by atoms with van der Waals surface area (Å²) in [5, 5.41) is 18.2. The van der Waals surface area contributed by atoms with Crippen molar-refractivity contribution in [1.29, 1.82) is 0 Å². The predicted octanol–water partition coefficient (Wildman–Crippen LogP) is -2.22. The second kappa shape index (κ2) is 2.58. The molecule has 2 aliphatic rings. The standard InChI is InChI=1S/C6H10N2O4/c7-6-8-5-4(12-6)3(10)2(1-9)11-5/h2-5,9-10H,1H2,(H2,7,8)/t2-,3?,4-,5-/m1/s1. The Hall–Kier alpha value is -0.850. The number of amidine groups is 1. The van der Waals surface area contributed by atoms with Crippen LogP contribution in [-0.2, 0) is 9.47 Å². The van der Waals surface area contributed by atoms with Crippen molar-refractivity contribution in [3.05, 3.63) is 0 Å². The fraction of sp³-hybridized carbons (Fsp3) is 0.833. The molecule has 2 aliphatic heterocycles. The Bertz CT molecular complexity index is 220. The predicted molar refractivity (Wildman–Crippen MR) is 38.2 cm³/mol. The first-order chi connectivity index (χ1) is 5.72. The molecule has 1 fully saturated rings. The summed E-state index contributed by atoms with van der Waals surface area (Å²) in [6.07, 6.45) is -2.58. The number of aliphatic hydroxyl groups excluding tert-OH is 2. The SMILES string of the molecule is NC1=N[C@@H]2O[C@H](CO)C(O)[C@H]2O1. The van der Waals surface area contributed by atoms with Crippen molar-refractivity contribution in [3.8, 4) is 0 Å². The fourth-order valence-corrected chi connectivity index (χ4v) is 1.40. The summed E-state index contributed by atoms with van der Waals surface area (Å²) in [4.78, 5) is 3.78. The number of fused-ring (bicyclic) bond motifs is 1. The van der Waals surface area contributed by atoms with Gasteiger partial charge in [0.05, 0.1) is 6.61 Å². The summed E-state index contributed by atoms with van der Waals surface area (Å²) in [7, 11) is 0. The number of rotatable bonds is 1. The Labute approximate surface area is 68.6 Å². The van der Waals surface area contributed by atoms with Gasteiger partial charge in [0.25, 0.3) is 6.02 Å². The minimum Gasteiger partial charge on any atom is -0.454 e. The highest BCUT2D eigenvalue weighted by Gasteiger charge is 2.48. The third-order valence-corrected chi connectivity index (χ3v) is 2.00. The maximum atomic E-state index is 9.44. The van der Waals surface area contributed by atoms with Crippen molar-refractivity contribution >= 4 is 6.02 Å². The van der Waals surface area contributed by atoms with Gasteiger partial charge in [-0.3, -0.25) is 0 Å². The molecule has 0 saturated carbocycles. The molecule has 0 spiro atoms. The van der Waals surface area contributed by atoms with Gasteiger partial charge in [0.15, 0.2) is 12.3 Å². The zero-order valence-electron chi connectivity index (χ0n) is 6.25. The van der Waals surface area contributed by atoms with Gasteiger partial charge < -0.3 is 25.4 Å². The first-order valence-corrected chi connectivity index (χ1v) is 3.66. The van der Waals surface area contributed by atoms with E-state index in [-0.39, 0.29) is 12.6 Å². The molecule has 0 radical (unpaired) electrons. The van der Waals surface area contributed by atoms with Crippen LogP contribution in [0.25, 0.3) is 0 Å². The maximum absolute atomic E-state index is 9.44. The number of aliphatic hydroxyl groups is 2. The summed E-state index contributed by atoms with van der Waals surface area (Å²) in [6.45, 7) is -0.243. The summed E-state index contributed by atoms with van der Waals surface area (Å²) < 4.78 is 10.1. The number of hydrogen-bond donors (Lipinski definition) is 3. The van der Waals surface area contributed by atoms with Crippen molar-refractivity contribution in [2.75, 3.05) is 6.61 Å². The molecule has 2 heterocycles. The molecule has 0 bridgehead atoms. The van der Waals surface area contributed by atoms with Crippen molar-refractivity contribution < 1.29 is 19.7 Å². The molecule has 6 heteroatoms. The van der Waals surface area contributed by atoms with Crippen molar-refractivity contribution in [3.63, 3.8) is 0 Å². The van der Waals surface area contributed by atoms with E-state index in [9.17, 15) is 5.11 Å². The Balaban J connectivity index is 2.10. The molecule has 1 unspecified atom stereocenters. The Kier molecular flexibility index (Phi) is 1.67. The molecule has 4 atom stereocenters. The van der Waals surface area contributed by atoms with Gasteiger partial charge >= 0.3 is 0 Å². The Morgan fingerprint density at radius 3 is 2.92 bits per heavy atom. The summed E-state index contributed by atoms with van der Waals surface area (Å²) in [5.41, 5.74) is 5.25. The molecule has 0 amide bonds. The molecule has 68 valence electrons. The van der Waals surface area contributed by atoms with Crippen LogP contribution in [0.15, 0.2) is 4.99 Å². The lowest BCUT2D eigenvalue weighted by molar-refractivity contribution is -0.0206. The average molecular weight is 174 g/mol. The number of hydrogen-bond acceptors (Lipinski definition) is 6. The van der Waals surface area contributed by atoms with E-state index in [0.717, 1.165) is 0 Å². The molecule has 12 heavy (non-hydrogen) atoms. The van der Waals surface area contributed by atoms with E-state index >= 15 is 0 Å². The maximum Gasteiger partial charge on any atom is 0.285 e. The molecule has 0 aliphatic carbocycles. The zero-order valence-corrected chi connectivity index (χ0v) is 6.25. The second-order valence-electron chi connectivity index (χ2n) is 2.79. The van der Waals surface area contributed by atoms with Crippen molar-refractivity contribution in [1.82, 2.24) is 0 Å². The first kappa shape index (κ1) is 7.78. The zero-order chi connectivity index (χ0) is 8.72. The van der Waals surface area contributed by atoms with Gasteiger partial charge in [0, 0.05) is 0 Å². The third kappa shape index (κ3) is 0.961. The highest BCUT2D eigenvalue weighted by Crippen LogP contribution is 2.28. The first-order valence-electron chi connectivity index (χ1n) is 3.66. The molecule has 0 aromatic carbocycles. The molecule has 4 N–H and O–H groups in total. The van der Waals surface area contributed by atoms with Crippen molar-refractivity contribution in [2.24, 2.45) is 10.7 Å². The number of nitrogens with zero attached hydrogens (tertiary/aromatic N) is 1. The highest BCUT2D eigenvalue weighted by atomic mass is 16.6. The quantitative estimate of drug-likeness (QED) is 0.418. The van der Waals surface area contributed by atoms with Gasteiger partial charge in [-0.1, -0.05) is 0 Å². The van der Waals surface area contributed by atoms with E-state index in [1.54, 1.807) is 0 Å². The van der Waals surface area contributed by atoms with Crippen LogP contribution in [0, 0.1) is 0 Å². The van der Waals surface area contributed by atoms with Gasteiger partial charge in [0.1, 0.15) is 12.2 Å². The average Bonchev–Trinajstić information content (AvgIpc) is 2.51. The number of ether oxygens (including phenoxy) is 2. The van der Waals surface area contributed by atoms with Crippen LogP contribution >= 0.6 is 0 Å². The van der Waals surface area contributed by atoms with Gasteiger partial charge in [-0.2, -0.15) is 4.99 Å². The van der Waals surface area contributed by atoms with E-state index in [2.05, 4.69) is 4.99 Å². The fourth-order valence-electron chi connectivity index (χ4n) is 1.40. The molecule has 2 rings (SSSR count). The molecule has 0 aromatic heterocycles. The van der Waals surface area contributed by atoms with Gasteiger partial charge in [-0.05, 0) is 0 Å². The van der Waals surface area contributed by atoms with Crippen LogP contribution in [0.3, 0.4) is 0 Å². The van der Waals surface area contributed by atoms with Gasteiger partial charge in [-0.15, -0.1) is 0 Å². The Morgan fingerprint density at radius 1 is 1.58 bits per heavy atom. The van der Waals surface area contributed by atoms with Crippen LogP contribution in [0.4, 0.5) is 0 Å². The van der Waals surface area contributed by atoms with Crippen LogP contribution < -0.4 is 5.73 Å². The summed E-state index contributed by atoms with van der Waals surface area (Å²) in [6, 6.07) is 0.0282. The third-order valence-electron chi connectivity index (χ3n) is 2.00. The second-order valence-corrected chi connectivity index (χ2v) is 2.79. The minimum absolute atomic E-state index is 0.0282.